The quantitative estimate of drug-likeness (QED) is 0.812. The molecular formula is C11H12FN3O. The number of nitrogens with two attached hydrogens (primary N) is 1. The van der Waals surface area contributed by atoms with E-state index in [2.05, 4.69) is 4.98 Å². The molecule has 2 aromatic rings. The van der Waals surface area contributed by atoms with Gasteiger partial charge in [0.25, 0.3) is 0 Å². The van der Waals surface area contributed by atoms with Gasteiger partial charge in [-0.15, -0.1) is 0 Å². The largest absolute Gasteiger partial charge is 0.385 e. The number of hydrogen-bond acceptors (Lipinski definition) is 3. The average Bonchev–Trinajstić information content (AvgIpc) is 2.77. The second-order valence-electron chi connectivity index (χ2n) is 3.39. The van der Waals surface area contributed by atoms with Crippen molar-refractivity contribution in [2.75, 3.05) is 6.54 Å². The standard InChI is InChI=1S/C11H12FN3O/c12-8-3-1-2-4-9(8)15-7-14-6-10(15)11(16)5-13/h1-4,6-7,11,16H,5,13H2. The Kier molecular flexibility index (Phi) is 2.98. The van der Waals surface area contributed by atoms with Crippen molar-refractivity contribution in [2.45, 2.75) is 6.10 Å². The van der Waals surface area contributed by atoms with E-state index in [0.717, 1.165) is 0 Å². The van der Waals surface area contributed by atoms with Gasteiger partial charge in [0.1, 0.15) is 11.9 Å². The summed E-state index contributed by atoms with van der Waals surface area (Å²) < 4.78 is 15.0. The minimum absolute atomic E-state index is 0.0696. The molecular weight excluding hydrogens is 209 g/mol. The third-order valence-corrected chi connectivity index (χ3v) is 2.34. The number of aromatic nitrogens is 2. The molecule has 84 valence electrons. The number of aliphatic hydroxyl groups excluding tert-OH is 1. The Labute approximate surface area is 92.2 Å². The number of rotatable bonds is 3. The smallest absolute Gasteiger partial charge is 0.147 e. The van der Waals surface area contributed by atoms with Crippen molar-refractivity contribution in [3.05, 3.63) is 48.3 Å². The molecule has 4 nitrogen and oxygen atoms in total. The third-order valence-electron chi connectivity index (χ3n) is 2.34. The minimum atomic E-state index is -0.845. The zero-order valence-electron chi connectivity index (χ0n) is 8.55. The van der Waals surface area contributed by atoms with Crippen molar-refractivity contribution in [1.29, 1.82) is 0 Å². The number of para-hydroxylation sites is 1. The van der Waals surface area contributed by atoms with Gasteiger partial charge in [0.05, 0.1) is 23.9 Å². The Morgan fingerprint density at radius 1 is 1.44 bits per heavy atom. The molecule has 2 rings (SSSR count). The lowest BCUT2D eigenvalue weighted by Crippen LogP contribution is -2.15. The molecule has 0 spiro atoms. The van der Waals surface area contributed by atoms with Crippen molar-refractivity contribution < 1.29 is 9.50 Å². The van der Waals surface area contributed by atoms with Crippen LogP contribution >= 0.6 is 0 Å². The fourth-order valence-corrected chi connectivity index (χ4v) is 1.52. The first-order valence-electron chi connectivity index (χ1n) is 4.89. The second kappa shape index (κ2) is 4.42. The molecule has 1 aromatic heterocycles. The van der Waals surface area contributed by atoms with E-state index in [1.165, 1.54) is 23.2 Å². The molecule has 0 radical (unpaired) electrons. The SMILES string of the molecule is NCC(O)c1cncn1-c1ccccc1F. The first kappa shape index (κ1) is 10.8. The summed E-state index contributed by atoms with van der Waals surface area (Å²) in [6, 6.07) is 6.30. The van der Waals surface area contributed by atoms with E-state index in [1.54, 1.807) is 18.2 Å². The number of halogens is 1. The van der Waals surface area contributed by atoms with Gasteiger partial charge in [0.15, 0.2) is 0 Å². The first-order chi connectivity index (χ1) is 7.74. The van der Waals surface area contributed by atoms with Crippen LogP contribution in [0.5, 0.6) is 0 Å². The fourth-order valence-electron chi connectivity index (χ4n) is 1.52. The van der Waals surface area contributed by atoms with E-state index in [4.69, 9.17) is 5.73 Å². The van der Waals surface area contributed by atoms with Crippen molar-refractivity contribution in [2.24, 2.45) is 5.73 Å². The molecule has 1 heterocycles. The Bertz CT molecular complexity index is 484. The van der Waals surface area contributed by atoms with E-state index in [-0.39, 0.29) is 12.4 Å². The highest BCUT2D eigenvalue weighted by molar-refractivity contribution is 5.35. The Morgan fingerprint density at radius 2 is 2.19 bits per heavy atom. The third kappa shape index (κ3) is 1.82. The Hall–Kier alpha value is -1.72. The summed E-state index contributed by atoms with van der Waals surface area (Å²) in [5.74, 6) is -0.369. The average molecular weight is 221 g/mol. The van der Waals surface area contributed by atoms with Crippen molar-refractivity contribution in [3.63, 3.8) is 0 Å². The fraction of sp³-hybridized carbons (Fsp3) is 0.182. The van der Waals surface area contributed by atoms with Crippen LogP contribution in [0, 0.1) is 5.82 Å². The molecule has 16 heavy (non-hydrogen) atoms. The maximum absolute atomic E-state index is 13.5. The molecule has 1 unspecified atom stereocenters. The Balaban J connectivity index is 2.49. The lowest BCUT2D eigenvalue weighted by Gasteiger charge is -2.12. The van der Waals surface area contributed by atoms with Crippen molar-refractivity contribution in [3.8, 4) is 5.69 Å². The topological polar surface area (TPSA) is 64.1 Å². The zero-order valence-corrected chi connectivity index (χ0v) is 8.55. The van der Waals surface area contributed by atoms with Gasteiger partial charge < -0.3 is 10.8 Å². The first-order valence-corrected chi connectivity index (χ1v) is 4.89. The van der Waals surface area contributed by atoms with E-state index in [0.29, 0.717) is 11.4 Å². The van der Waals surface area contributed by atoms with Crippen LogP contribution in [-0.4, -0.2) is 21.2 Å². The van der Waals surface area contributed by atoms with Crippen LogP contribution in [0.1, 0.15) is 11.8 Å². The number of nitrogens with zero attached hydrogens (tertiary/aromatic N) is 2. The molecule has 3 N–H and O–H groups in total. The summed E-state index contributed by atoms with van der Waals surface area (Å²) >= 11 is 0. The van der Waals surface area contributed by atoms with Gasteiger partial charge >= 0.3 is 0 Å². The van der Waals surface area contributed by atoms with Crippen LogP contribution < -0.4 is 5.73 Å². The van der Waals surface area contributed by atoms with Crippen molar-refractivity contribution >= 4 is 0 Å². The van der Waals surface area contributed by atoms with Gasteiger partial charge in [0.2, 0.25) is 0 Å². The molecule has 1 aromatic carbocycles. The monoisotopic (exact) mass is 221 g/mol. The van der Waals surface area contributed by atoms with Gasteiger partial charge in [0, 0.05) is 6.54 Å². The summed E-state index contributed by atoms with van der Waals surface area (Å²) in [5, 5.41) is 9.64. The second-order valence-corrected chi connectivity index (χ2v) is 3.39. The summed E-state index contributed by atoms with van der Waals surface area (Å²) in [6.07, 6.45) is 2.08. The highest BCUT2D eigenvalue weighted by atomic mass is 19.1. The molecule has 0 saturated carbocycles. The summed E-state index contributed by atoms with van der Waals surface area (Å²) in [4.78, 5) is 3.89. The van der Waals surface area contributed by atoms with Crippen LogP contribution in [0.15, 0.2) is 36.8 Å². The number of hydrogen-bond donors (Lipinski definition) is 2. The summed E-state index contributed by atoms with van der Waals surface area (Å²) in [6.45, 7) is 0.0696. The van der Waals surface area contributed by atoms with Gasteiger partial charge in [-0.05, 0) is 12.1 Å². The molecule has 0 bridgehead atoms. The highest BCUT2D eigenvalue weighted by Gasteiger charge is 2.14. The summed E-state index contributed by atoms with van der Waals surface area (Å²) in [5.41, 5.74) is 6.19. The van der Waals surface area contributed by atoms with Crippen LogP contribution in [-0.2, 0) is 0 Å². The molecule has 0 aliphatic rings. The molecule has 0 aliphatic carbocycles. The maximum Gasteiger partial charge on any atom is 0.147 e. The molecule has 0 fully saturated rings. The zero-order chi connectivity index (χ0) is 11.5. The van der Waals surface area contributed by atoms with Crippen LogP contribution in [0.25, 0.3) is 5.69 Å². The molecule has 1 atom stereocenters. The van der Waals surface area contributed by atoms with E-state index >= 15 is 0 Å². The maximum atomic E-state index is 13.5. The van der Waals surface area contributed by atoms with E-state index in [9.17, 15) is 9.50 Å². The van der Waals surface area contributed by atoms with Crippen LogP contribution in [0.2, 0.25) is 0 Å². The molecule has 0 aliphatic heterocycles. The minimum Gasteiger partial charge on any atom is -0.385 e. The van der Waals surface area contributed by atoms with Gasteiger partial charge in [-0.3, -0.25) is 4.57 Å². The predicted octanol–water partition coefficient (Wildman–Crippen LogP) is 1.00. The van der Waals surface area contributed by atoms with E-state index in [1.807, 2.05) is 0 Å². The lowest BCUT2D eigenvalue weighted by atomic mass is 10.2. The predicted molar refractivity (Wildman–Crippen MR) is 57.5 cm³/mol. The number of benzene rings is 1. The van der Waals surface area contributed by atoms with Crippen LogP contribution in [0.4, 0.5) is 4.39 Å². The molecule has 0 amide bonds. The highest BCUT2D eigenvalue weighted by Crippen LogP contribution is 2.19. The number of imidazole rings is 1. The van der Waals surface area contributed by atoms with Gasteiger partial charge in [-0.25, -0.2) is 9.37 Å². The normalized spacial score (nSPS) is 12.7. The molecule has 5 heteroatoms. The molecule has 0 saturated heterocycles. The number of aliphatic hydroxyl groups is 1. The Morgan fingerprint density at radius 3 is 2.88 bits per heavy atom. The van der Waals surface area contributed by atoms with Gasteiger partial charge in [-0.2, -0.15) is 0 Å². The van der Waals surface area contributed by atoms with E-state index < -0.39 is 6.10 Å². The van der Waals surface area contributed by atoms with Crippen LogP contribution in [0.3, 0.4) is 0 Å². The van der Waals surface area contributed by atoms with Gasteiger partial charge in [-0.1, -0.05) is 12.1 Å². The lowest BCUT2D eigenvalue weighted by molar-refractivity contribution is 0.180. The summed E-state index contributed by atoms with van der Waals surface area (Å²) in [7, 11) is 0. The van der Waals surface area contributed by atoms with Crippen molar-refractivity contribution in [1.82, 2.24) is 9.55 Å².